The molecule has 1 aromatic carbocycles. The van der Waals surface area contributed by atoms with Gasteiger partial charge in [-0.25, -0.2) is 4.98 Å². The minimum absolute atomic E-state index is 0.0244. The molecule has 1 unspecified atom stereocenters. The molecule has 2 aliphatic rings. The summed E-state index contributed by atoms with van der Waals surface area (Å²) in [5.41, 5.74) is -2.32. The molecule has 0 spiro atoms. The first-order chi connectivity index (χ1) is 11.4. The molecule has 3 nitrogen and oxygen atoms in total. The molecule has 0 amide bonds. The van der Waals surface area contributed by atoms with Crippen molar-refractivity contribution in [1.82, 2.24) is 4.98 Å². The number of halogens is 4. The largest absolute Gasteiger partial charge is 0.426 e. The third kappa shape index (κ3) is 2.36. The van der Waals surface area contributed by atoms with Crippen molar-refractivity contribution in [3.05, 3.63) is 52.7 Å². The van der Waals surface area contributed by atoms with Crippen molar-refractivity contribution in [2.75, 3.05) is 11.9 Å². The quantitative estimate of drug-likeness (QED) is 0.840. The molecule has 1 aliphatic carbocycles. The highest BCUT2D eigenvalue weighted by Gasteiger charge is 2.62. The molecular weight excluding hydrogens is 341 g/mol. The zero-order chi connectivity index (χ0) is 16.9. The molecule has 0 saturated heterocycles. The van der Waals surface area contributed by atoms with Crippen LogP contribution in [-0.2, 0) is 10.3 Å². The maximum atomic E-state index is 14.3. The minimum atomic E-state index is -4.65. The second-order valence-corrected chi connectivity index (χ2v) is 6.58. The molecular formula is C17H14ClF3N2O. The van der Waals surface area contributed by atoms with Crippen molar-refractivity contribution in [3.8, 4) is 0 Å². The Labute approximate surface area is 141 Å². The van der Waals surface area contributed by atoms with Crippen LogP contribution in [-0.4, -0.2) is 17.8 Å². The number of benzene rings is 1. The molecule has 1 aromatic heterocycles. The summed E-state index contributed by atoms with van der Waals surface area (Å²) in [5.74, 6) is 0.335. The van der Waals surface area contributed by atoms with Crippen LogP contribution in [0.15, 0.2) is 36.5 Å². The number of rotatable bonds is 3. The molecule has 1 atom stereocenters. The molecule has 24 heavy (non-hydrogen) atoms. The van der Waals surface area contributed by atoms with Gasteiger partial charge in [-0.05, 0) is 43.0 Å². The zero-order valence-corrected chi connectivity index (χ0v) is 13.3. The summed E-state index contributed by atoms with van der Waals surface area (Å²) in [4.78, 5) is 4.07. The van der Waals surface area contributed by atoms with Gasteiger partial charge in [-0.15, -0.1) is 0 Å². The van der Waals surface area contributed by atoms with E-state index in [0.717, 1.165) is 12.8 Å². The van der Waals surface area contributed by atoms with Crippen LogP contribution in [0.1, 0.15) is 24.0 Å². The van der Waals surface area contributed by atoms with Gasteiger partial charge in [-0.2, -0.15) is 13.2 Å². The Kier molecular flexibility index (Phi) is 3.51. The van der Waals surface area contributed by atoms with Crippen molar-refractivity contribution < 1.29 is 17.9 Å². The third-order valence-electron chi connectivity index (χ3n) is 4.43. The van der Waals surface area contributed by atoms with Crippen LogP contribution in [0, 0.1) is 5.92 Å². The number of hydrogen-bond donors (Lipinski definition) is 1. The predicted molar refractivity (Wildman–Crippen MR) is 84.5 cm³/mol. The van der Waals surface area contributed by atoms with Gasteiger partial charge < -0.3 is 10.1 Å². The lowest BCUT2D eigenvalue weighted by Gasteiger charge is -2.41. The number of anilines is 2. The van der Waals surface area contributed by atoms with E-state index in [0.29, 0.717) is 5.69 Å². The van der Waals surface area contributed by atoms with E-state index >= 15 is 0 Å². The molecule has 126 valence electrons. The van der Waals surface area contributed by atoms with E-state index in [2.05, 4.69) is 10.3 Å². The normalized spacial score (nSPS) is 22.5. The van der Waals surface area contributed by atoms with E-state index in [1.807, 2.05) is 0 Å². The predicted octanol–water partition coefficient (Wildman–Crippen LogP) is 5.02. The Morgan fingerprint density at radius 3 is 2.75 bits per heavy atom. The highest BCUT2D eigenvalue weighted by atomic mass is 35.5. The van der Waals surface area contributed by atoms with Crippen LogP contribution in [0.25, 0.3) is 0 Å². The molecule has 1 N–H and O–H groups in total. The number of aromatic nitrogens is 1. The average molecular weight is 355 g/mol. The van der Waals surface area contributed by atoms with Crippen molar-refractivity contribution in [2.24, 2.45) is 5.92 Å². The van der Waals surface area contributed by atoms with Crippen molar-refractivity contribution in [3.63, 3.8) is 0 Å². The summed E-state index contributed by atoms with van der Waals surface area (Å²) < 4.78 is 48.6. The van der Waals surface area contributed by atoms with Crippen molar-refractivity contribution in [2.45, 2.75) is 24.6 Å². The molecule has 2 aromatic rings. The van der Waals surface area contributed by atoms with Gasteiger partial charge in [0, 0.05) is 28.0 Å². The second-order valence-electron chi connectivity index (χ2n) is 6.15. The summed E-state index contributed by atoms with van der Waals surface area (Å²) in [7, 11) is 0. The van der Waals surface area contributed by atoms with Crippen LogP contribution < -0.4 is 5.32 Å². The summed E-state index contributed by atoms with van der Waals surface area (Å²) in [6.07, 6.45) is -1.40. The van der Waals surface area contributed by atoms with Crippen LogP contribution in [0.4, 0.5) is 24.7 Å². The van der Waals surface area contributed by atoms with E-state index in [4.69, 9.17) is 16.3 Å². The average Bonchev–Trinajstić information content (AvgIpc) is 3.35. The SMILES string of the molecule is FC(F)(F)C1(OCC2CC2)c2cc(Cl)ccc2Nc2ncccc21. The standard InChI is InChI=1S/C17H14ClF3N2O/c18-11-5-6-14-13(8-11)16(17(19,20)21,24-9-10-3-4-10)12-2-1-7-22-15(12)23-14/h1-2,5-8,10H,3-4,9H2,(H,22,23). The number of nitrogens with zero attached hydrogens (tertiary/aromatic N) is 1. The van der Waals surface area contributed by atoms with E-state index in [1.54, 1.807) is 6.07 Å². The molecule has 4 rings (SSSR count). The molecule has 7 heteroatoms. The Morgan fingerprint density at radius 1 is 1.25 bits per heavy atom. The highest BCUT2D eigenvalue weighted by Crippen LogP contribution is 2.55. The van der Waals surface area contributed by atoms with Gasteiger partial charge in [0.25, 0.3) is 0 Å². The van der Waals surface area contributed by atoms with Crippen molar-refractivity contribution >= 4 is 23.1 Å². The van der Waals surface area contributed by atoms with Gasteiger partial charge in [0.05, 0.1) is 6.61 Å². The first-order valence-corrected chi connectivity index (χ1v) is 8.03. The van der Waals surface area contributed by atoms with E-state index < -0.39 is 11.8 Å². The highest BCUT2D eigenvalue weighted by molar-refractivity contribution is 6.30. The van der Waals surface area contributed by atoms with Crippen LogP contribution in [0.3, 0.4) is 0 Å². The number of fused-ring (bicyclic) bond motifs is 2. The Balaban J connectivity index is 1.96. The van der Waals surface area contributed by atoms with Crippen LogP contribution in [0.2, 0.25) is 5.02 Å². The van der Waals surface area contributed by atoms with E-state index in [9.17, 15) is 13.2 Å². The van der Waals surface area contributed by atoms with Gasteiger partial charge in [0.2, 0.25) is 5.60 Å². The van der Waals surface area contributed by atoms with Gasteiger partial charge >= 0.3 is 6.18 Å². The summed E-state index contributed by atoms with van der Waals surface area (Å²) in [5, 5.41) is 3.18. The third-order valence-corrected chi connectivity index (χ3v) is 4.67. The Bertz CT molecular complexity index is 792. The molecule has 1 aliphatic heterocycles. The Hall–Kier alpha value is -1.79. The van der Waals surface area contributed by atoms with Gasteiger partial charge in [-0.3, -0.25) is 0 Å². The maximum Gasteiger partial charge on any atom is 0.426 e. The van der Waals surface area contributed by atoms with Crippen LogP contribution >= 0.6 is 11.6 Å². The summed E-state index contributed by atoms with van der Waals surface area (Å²) in [6, 6.07) is 7.27. The fourth-order valence-electron chi connectivity index (χ4n) is 3.05. The van der Waals surface area contributed by atoms with Crippen molar-refractivity contribution in [1.29, 1.82) is 0 Å². The lowest BCUT2D eigenvalue weighted by atomic mass is 9.82. The number of ether oxygens (including phenoxy) is 1. The van der Waals surface area contributed by atoms with E-state index in [1.165, 1.54) is 30.5 Å². The Morgan fingerprint density at radius 2 is 2.04 bits per heavy atom. The van der Waals surface area contributed by atoms with Gasteiger partial charge in [0.1, 0.15) is 5.82 Å². The molecule has 2 heterocycles. The molecule has 0 bridgehead atoms. The molecule has 0 radical (unpaired) electrons. The zero-order valence-electron chi connectivity index (χ0n) is 12.5. The fraction of sp³-hybridized carbons (Fsp3) is 0.353. The van der Waals surface area contributed by atoms with E-state index in [-0.39, 0.29) is 34.5 Å². The van der Waals surface area contributed by atoms with Gasteiger partial charge in [0.15, 0.2) is 0 Å². The molecule has 1 fully saturated rings. The monoisotopic (exact) mass is 354 g/mol. The summed E-state index contributed by atoms with van der Waals surface area (Å²) >= 11 is 5.99. The minimum Gasteiger partial charge on any atom is -0.356 e. The topological polar surface area (TPSA) is 34.1 Å². The number of alkyl halides is 3. The number of hydrogen-bond acceptors (Lipinski definition) is 3. The maximum absolute atomic E-state index is 14.3. The smallest absolute Gasteiger partial charge is 0.356 e. The fourth-order valence-corrected chi connectivity index (χ4v) is 3.22. The lowest BCUT2D eigenvalue weighted by molar-refractivity contribution is -0.268. The lowest BCUT2D eigenvalue weighted by Crippen LogP contribution is -2.48. The van der Waals surface area contributed by atoms with Gasteiger partial charge in [-0.1, -0.05) is 17.7 Å². The first kappa shape index (κ1) is 15.7. The summed E-state index contributed by atoms with van der Waals surface area (Å²) in [6.45, 7) is 0.0554. The second kappa shape index (κ2) is 5.36. The first-order valence-electron chi connectivity index (χ1n) is 7.65. The van der Waals surface area contributed by atoms with Crippen LogP contribution in [0.5, 0.6) is 0 Å². The number of nitrogens with one attached hydrogen (secondary N) is 1. The number of pyridine rings is 1. The molecule has 1 saturated carbocycles.